The third-order valence-corrected chi connectivity index (χ3v) is 3.99. The number of hydrogen-bond donors (Lipinski definition) is 2. The molecule has 0 radical (unpaired) electrons. The van der Waals surface area contributed by atoms with Gasteiger partial charge in [0.2, 0.25) is 0 Å². The second-order valence-electron chi connectivity index (χ2n) is 6.75. The molecule has 0 aliphatic carbocycles. The summed E-state index contributed by atoms with van der Waals surface area (Å²) in [5.74, 6) is 2.14. The molecular weight excluding hydrogens is 346 g/mol. The predicted octanol–water partition coefficient (Wildman–Crippen LogP) is 3.08. The van der Waals surface area contributed by atoms with Gasteiger partial charge in [-0.2, -0.15) is 10.1 Å². The molecule has 2 N–H and O–H groups in total. The van der Waals surface area contributed by atoms with E-state index in [2.05, 4.69) is 44.7 Å². The lowest BCUT2D eigenvalue weighted by Crippen LogP contribution is -2.34. The molecule has 2 amide bonds. The van der Waals surface area contributed by atoms with Crippen molar-refractivity contribution in [1.82, 2.24) is 30.2 Å². The number of aromatic nitrogens is 5. The van der Waals surface area contributed by atoms with E-state index in [1.165, 1.54) is 6.33 Å². The van der Waals surface area contributed by atoms with Crippen LogP contribution in [0, 0.1) is 12.8 Å². The summed E-state index contributed by atoms with van der Waals surface area (Å²) >= 11 is 0. The highest BCUT2D eigenvalue weighted by Crippen LogP contribution is 2.21. The SMILES string of the molecule is Cc1noc(-c2ccc(NC(=O)NC(CC(C)C)c3ncnn3C)cc2)n1. The molecule has 2 heterocycles. The molecule has 0 aliphatic heterocycles. The lowest BCUT2D eigenvalue weighted by atomic mass is 10.0. The van der Waals surface area contributed by atoms with Crippen LogP contribution in [0.4, 0.5) is 10.5 Å². The summed E-state index contributed by atoms with van der Waals surface area (Å²) in [6, 6.07) is 6.68. The van der Waals surface area contributed by atoms with Crippen molar-refractivity contribution in [2.75, 3.05) is 5.32 Å². The highest BCUT2D eigenvalue weighted by atomic mass is 16.5. The van der Waals surface area contributed by atoms with Crippen molar-refractivity contribution < 1.29 is 9.32 Å². The minimum absolute atomic E-state index is 0.224. The van der Waals surface area contributed by atoms with Gasteiger partial charge < -0.3 is 15.2 Å². The van der Waals surface area contributed by atoms with Crippen LogP contribution in [0.1, 0.15) is 38.0 Å². The summed E-state index contributed by atoms with van der Waals surface area (Å²) in [6.07, 6.45) is 2.25. The van der Waals surface area contributed by atoms with Crippen molar-refractivity contribution in [2.24, 2.45) is 13.0 Å². The Morgan fingerprint density at radius 3 is 2.56 bits per heavy atom. The van der Waals surface area contributed by atoms with Crippen LogP contribution in [0.25, 0.3) is 11.5 Å². The van der Waals surface area contributed by atoms with Crippen LogP contribution in [-0.2, 0) is 7.05 Å². The van der Waals surface area contributed by atoms with E-state index in [0.29, 0.717) is 23.3 Å². The minimum atomic E-state index is -0.301. The monoisotopic (exact) mass is 369 g/mol. The van der Waals surface area contributed by atoms with Gasteiger partial charge in [0.05, 0.1) is 6.04 Å². The van der Waals surface area contributed by atoms with Crippen molar-refractivity contribution in [1.29, 1.82) is 0 Å². The lowest BCUT2D eigenvalue weighted by Gasteiger charge is -2.20. The fraction of sp³-hybridized carbons (Fsp3) is 0.389. The standard InChI is InChI=1S/C18H23N7O2/c1-11(2)9-15(16-19-10-20-25(16)4)23-18(26)22-14-7-5-13(6-8-14)17-21-12(3)24-27-17/h5-8,10-11,15H,9H2,1-4H3,(H2,22,23,26). The maximum atomic E-state index is 12.4. The highest BCUT2D eigenvalue weighted by Gasteiger charge is 2.20. The van der Waals surface area contributed by atoms with Crippen LogP contribution >= 0.6 is 0 Å². The molecule has 0 saturated heterocycles. The van der Waals surface area contributed by atoms with Crippen LogP contribution in [0.2, 0.25) is 0 Å². The first-order valence-electron chi connectivity index (χ1n) is 8.74. The van der Waals surface area contributed by atoms with Gasteiger partial charge in [0.1, 0.15) is 12.2 Å². The Balaban J connectivity index is 1.66. The van der Waals surface area contributed by atoms with Gasteiger partial charge in [0.15, 0.2) is 5.82 Å². The van der Waals surface area contributed by atoms with E-state index in [0.717, 1.165) is 17.8 Å². The Morgan fingerprint density at radius 1 is 1.26 bits per heavy atom. The summed E-state index contributed by atoms with van der Waals surface area (Å²) in [5, 5.41) is 13.7. The number of aryl methyl sites for hydroxylation is 2. The lowest BCUT2D eigenvalue weighted by molar-refractivity contribution is 0.245. The second-order valence-corrected chi connectivity index (χ2v) is 6.75. The van der Waals surface area contributed by atoms with Crippen molar-refractivity contribution in [3.8, 4) is 11.5 Å². The van der Waals surface area contributed by atoms with Crippen LogP contribution in [-0.4, -0.2) is 30.9 Å². The molecule has 0 aliphatic rings. The molecule has 3 rings (SSSR count). The third-order valence-electron chi connectivity index (χ3n) is 3.99. The Hall–Kier alpha value is -3.23. The fourth-order valence-corrected chi connectivity index (χ4v) is 2.76. The van der Waals surface area contributed by atoms with Gasteiger partial charge in [0, 0.05) is 18.3 Å². The van der Waals surface area contributed by atoms with Crippen molar-refractivity contribution in [3.63, 3.8) is 0 Å². The maximum Gasteiger partial charge on any atom is 0.319 e. The van der Waals surface area contributed by atoms with E-state index in [4.69, 9.17) is 4.52 Å². The summed E-state index contributed by atoms with van der Waals surface area (Å²) in [7, 11) is 1.81. The van der Waals surface area contributed by atoms with E-state index in [1.807, 2.05) is 19.2 Å². The Labute approximate surface area is 157 Å². The first-order valence-corrected chi connectivity index (χ1v) is 8.74. The topological polar surface area (TPSA) is 111 Å². The highest BCUT2D eigenvalue weighted by molar-refractivity contribution is 5.89. The van der Waals surface area contributed by atoms with E-state index < -0.39 is 0 Å². The number of carbonyl (C=O) groups is 1. The van der Waals surface area contributed by atoms with Crippen molar-refractivity contribution >= 4 is 11.7 Å². The number of carbonyl (C=O) groups excluding carboxylic acids is 1. The predicted molar refractivity (Wildman–Crippen MR) is 99.8 cm³/mol. The number of nitrogens with zero attached hydrogens (tertiary/aromatic N) is 5. The van der Waals surface area contributed by atoms with Crippen molar-refractivity contribution in [3.05, 3.63) is 42.2 Å². The van der Waals surface area contributed by atoms with Gasteiger partial charge in [-0.1, -0.05) is 19.0 Å². The molecule has 1 unspecified atom stereocenters. The molecule has 0 fully saturated rings. The minimum Gasteiger partial charge on any atom is -0.334 e. The molecule has 0 bridgehead atoms. The van der Waals surface area contributed by atoms with Crippen LogP contribution in [0.3, 0.4) is 0 Å². The molecule has 0 spiro atoms. The Morgan fingerprint density at radius 2 is 2.00 bits per heavy atom. The van der Waals surface area contributed by atoms with Gasteiger partial charge in [0.25, 0.3) is 5.89 Å². The molecule has 1 atom stereocenters. The Kier molecular flexibility index (Phi) is 5.49. The van der Waals surface area contributed by atoms with Gasteiger partial charge in [-0.15, -0.1) is 0 Å². The fourth-order valence-electron chi connectivity index (χ4n) is 2.76. The number of nitrogens with one attached hydrogen (secondary N) is 2. The maximum absolute atomic E-state index is 12.4. The molecule has 0 saturated carbocycles. The van der Waals surface area contributed by atoms with Crippen LogP contribution < -0.4 is 10.6 Å². The quantitative estimate of drug-likeness (QED) is 0.691. The zero-order valence-electron chi connectivity index (χ0n) is 15.8. The summed E-state index contributed by atoms with van der Waals surface area (Å²) < 4.78 is 6.81. The molecular formula is C18H23N7O2. The number of benzene rings is 1. The summed E-state index contributed by atoms with van der Waals surface area (Å²) in [5.41, 5.74) is 1.45. The van der Waals surface area contributed by atoms with Gasteiger partial charge in [-0.05, 0) is 43.5 Å². The first-order chi connectivity index (χ1) is 12.9. The smallest absolute Gasteiger partial charge is 0.319 e. The molecule has 27 heavy (non-hydrogen) atoms. The second kappa shape index (κ2) is 7.98. The average molecular weight is 369 g/mol. The largest absolute Gasteiger partial charge is 0.334 e. The van der Waals surface area contributed by atoms with E-state index >= 15 is 0 Å². The molecule has 9 heteroatoms. The average Bonchev–Trinajstić information content (AvgIpc) is 3.23. The number of amides is 2. The molecule has 2 aromatic heterocycles. The van der Waals surface area contributed by atoms with Crippen LogP contribution in [0.15, 0.2) is 35.1 Å². The number of rotatable bonds is 6. The first kappa shape index (κ1) is 18.6. The van der Waals surface area contributed by atoms with E-state index in [1.54, 1.807) is 23.7 Å². The zero-order valence-corrected chi connectivity index (χ0v) is 15.8. The third kappa shape index (κ3) is 4.69. The number of hydrogen-bond acceptors (Lipinski definition) is 6. The van der Waals surface area contributed by atoms with E-state index in [-0.39, 0.29) is 12.1 Å². The summed E-state index contributed by atoms with van der Waals surface area (Å²) in [4.78, 5) is 20.9. The number of urea groups is 1. The normalized spacial score (nSPS) is 12.2. The molecule has 9 nitrogen and oxygen atoms in total. The molecule has 3 aromatic rings. The van der Waals surface area contributed by atoms with Crippen LogP contribution in [0.5, 0.6) is 0 Å². The molecule has 1 aromatic carbocycles. The van der Waals surface area contributed by atoms with Gasteiger partial charge in [-0.25, -0.2) is 9.78 Å². The van der Waals surface area contributed by atoms with Gasteiger partial charge >= 0.3 is 6.03 Å². The van der Waals surface area contributed by atoms with Gasteiger partial charge in [-0.3, -0.25) is 4.68 Å². The zero-order chi connectivity index (χ0) is 19.4. The Bertz CT molecular complexity index is 899. The van der Waals surface area contributed by atoms with E-state index in [9.17, 15) is 4.79 Å². The molecule has 142 valence electrons. The van der Waals surface area contributed by atoms with Crippen molar-refractivity contribution in [2.45, 2.75) is 33.2 Å². The number of anilines is 1. The summed E-state index contributed by atoms with van der Waals surface area (Å²) in [6.45, 7) is 5.96.